The SMILES string of the molecule is CC(N)CN(C)c1ncnc2c1ncn2C. The minimum Gasteiger partial charge on any atom is -0.356 e. The molecular formula is C10H16N6. The van der Waals surface area contributed by atoms with Crippen molar-refractivity contribution in [2.45, 2.75) is 13.0 Å². The number of rotatable bonds is 3. The molecule has 1 atom stereocenters. The summed E-state index contributed by atoms with van der Waals surface area (Å²) < 4.78 is 1.88. The van der Waals surface area contributed by atoms with Crippen molar-refractivity contribution in [3.63, 3.8) is 0 Å². The molecule has 0 aliphatic heterocycles. The van der Waals surface area contributed by atoms with Gasteiger partial charge >= 0.3 is 0 Å². The van der Waals surface area contributed by atoms with Crippen LogP contribution in [0.3, 0.4) is 0 Å². The van der Waals surface area contributed by atoms with Crippen molar-refractivity contribution >= 4 is 17.0 Å². The van der Waals surface area contributed by atoms with Crippen molar-refractivity contribution in [3.8, 4) is 0 Å². The summed E-state index contributed by atoms with van der Waals surface area (Å²) in [7, 11) is 3.87. The number of hydrogen-bond donors (Lipinski definition) is 1. The predicted octanol–water partition coefficient (Wildman–Crippen LogP) is 0.147. The molecule has 0 fully saturated rings. The van der Waals surface area contributed by atoms with E-state index < -0.39 is 0 Å². The number of fused-ring (bicyclic) bond motifs is 1. The van der Waals surface area contributed by atoms with Crippen molar-refractivity contribution in [2.24, 2.45) is 12.8 Å². The van der Waals surface area contributed by atoms with Crippen LogP contribution >= 0.6 is 0 Å². The molecule has 2 rings (SSSR count). The first-order valence-electron chi connectivity index (χ1n) is 5.18. The van der Waals surface area contributed by atoms with Gasteiger partial charge in [-0.15, -0.1) is 0 Å². The predicted molar refractivity (Wildman–Crippen MR) is 63.2 cm³/mol. The molecule has 2 N–H and O–H groups in total. The van der Waals surface area contributed by atoms with E-state index in [1.54, 1.807) is 12.7 Å². The van der Waals surface area contributed by atoms with E-state index >= 15 is 0 Å². The average Bonchev–Trinajstić information content (AvgIpc) is 2.59. The Morgan fingerprint density at radius 3 is 2.88 bits per heavy atom. The van der Waals surface area contributed by atoms with Crippen LogP contribution in [0.5, 0.6) is 0 Å². The van der Waals surface area contributed by atoms with Crippen LogP contribution in [0.4, 0.5) is 5.82 Å². The molecule has 0 spiro atoms. The summed E-state index contributed by atoms with van der Waals surface area (Å²) in [5.41, 5.74) is 7.42. The Morgan fingerprint density at radius 2 is 2.19 bits per heavy atom. The maximum Gasteiger partial charge on any atom is 0.165 e. The van der Waals surface area contributed by atoms with Crippen molar-refractivity contribution in [1.29, 1.82) is 0 Å². The fourth-order valence-corrected chi connectivity index (χ4v) is 1.73. The summed E-state index contributed by atoms with van der Waals surface area (Å²) >= 11 is 0. The lowest BCUT2D eigenvalue weighted by Gasteiger charge is -2.20. The fourth-order valence-electron chi connectivity index (χ4n) is 1.73. The highest BCUT2D eigenvalue weighted by Crippen LogP contribution is 2.19. The van der Waals surface area contributed by atoms with Crippen molar-refractivity contribution in [3.05, 3.63) is 12.7 Å². The van der Waals surface area contributed by atoms with E-state index in [0.717, 1.165) is 23.5 Å². The van der Waals surface area contributed by atoms with Gasteiger partial charge in [-0.1, -0.05) is 0 Å². The highest BCUT2D eigenvalue weighted by molar-refractivity contribution is 5.83. The molecule has 2 aromatic rings. The van der Waals surface area contributed by atoms with E-state index in [9.17, 15) is 0 Å². The van der Waals surface area contributed by atoms with Crippen LogP contribution in [0.2, 0.25) is 0 Å². The third-order valence-electron chi connectivity index (χ3n) is 2.40. The normalized spacial score (nSPS) is 13.0. The molecule has 1 unspecified atom stereocenters. The minimum atomic E-state index is 0.0960. The second kappa shape index (κ2) is 4.05. The molecule has 0 amide bonds. The first kappa shape index (κ1) is 10.8. The van der Waals surface area contributed by atoms with Gasteiger partial charge in [0, 0.05) is 26.7 Å². The molecule has 2 aromatic heterocycles. The molecule has 0 saturated carbocycles. The van der Waals surface area contributed by atoms with Crippen LogP contribution in [-0.2, 0) is 7.05 Å². The number of hydrogen-bond acceptors (Lipinski definition) is 5. The van der Waals surface area contributed by atoms with Gasteiger partial charge in [-0.25, -0.2) is 15.0 Å². The lowest BCUT2D eigenvalue weighted by Crippen LogP contribution is -2.33. The summed E-state index contributed by atoms with van der Waals surface area (Å²) in [4.78, 5) is 14.8. The molecule has 16 heavy (non-hydrogen) atoms. The lowest BCUT2D eigenvalue weighted by atomic mass is 10.3. The second-order valence-corrected chi connectivity index (χ2v) is 4.08. The molecule has 0 aromatic carbocycles. The second-order valence-electron chi connectivity index (χ2n) is 4.08. The van der Waals surface area contributed by atoms with Crippen LogP contribution in [0.25, 0.3) is 11.2 Å². The average molecular weight is 220 g/mol. The van der Waals surface area contributed by atoms with Crippen LogP contribution < -0.4 is 10.6 Å². The van der Waals surface area contributed by atoms with E-state index in [2.05, 4.69) is 15.0 Å². The Balaban J connectivity index is 2.44. The van der Waals surface area contributed by atoms with Gasteiger partial charge in [0.1, 0.15) is 6.33 Å². The number of aromatic nitrogens is 4. The topological polar surface area (TPSA) is 72.9 Å². The lowest BCUT2D eigenvalue weighted by molar-refractivity contribution is 0.712. The van der Waals surface area contributed by atoms with Gasteiger partial charge in [-0.3, -0.25) is 0 Å². The summed E-state index contributed by atoms with van der Waals surface area (Å²) in [5, 5.41) is 0. The Morgan fingerprint density at radius 1 is 1.44 bits per heavy atom. The molecule has 6 nitrogen and oxygen atoms in total. The number of anilines is 1. The van der Waals surface area contributed by atoms with Gasteiger partial charge in [-0.05, 0) is 6.92 Å². The van der Waals surface area contributed by atoms with Crippen molar-refractivity contribution < 1.29 is 0 Å². The molecule has 0 radical (unpaired) electrons. The van der Waals surface area contributed by atoms with E-state index in [0.29, 0.717) is 0 Å². The smallest absolute Gasteiger partial charge is 0.165 e. The van der Waals surface area contributed by atoms with Crippen LogP contribution in [0, 0.1) is 0 Å². The zero-order valence-corrected chi connectivity index (χ0v) is 9.75. The zero-order chi connectivity index (χ0) is 11.7. The van der Waals surface area contributed by atoms with Crippen LogP contribution in [0.15, 0.2) is 12.7 Å². The maximum atomic E-state index is 5.77. The summed E-state index contributed by atoms with van der Waals surface area (Å²) in [6, 6.07) is 0.0960. The van der Waals surface area contributed by atoms with Crippen molar-refractivity contribution in [1.82, 2.24) is 19.5 Å². The Hall–Kier alpha value is -1.69. The molecule has 0 aliphatic rings. The molecule has 0 saturated heterocycles. The largest absolute Gasteiger partial charge is 0.356 e. The number of nitrogens with two attached hydrogens (primary N) is 1. The summed E-state index contributed by atoms with van der Waals surface area (Å²) in [6.45, 7) is 2.70. The molecule has 86 valence electrons. The van der Waals surface area contributed by atoms with E-state index in [1.165, 1.54) is 0 Å². The standard InChI is InChI=1S/C10H16N6/c1-7(11)4-15(2)9-8-10(13-5-12-9)16(3)6-14-8/h5-7H,4,11H2,1-3H3. The van der Waals surface area contributed by atoms with Crippen LogP contribution in [-0.4, -0.2) is 39.2 Å². The Labute approximate surface area is 94.1 Å². The zero-order valence-electron chi connectivity index (χ0n) is 9.75. The van der Waals surface area contributed by atoms with Gasteiger partial charge in [-0.2, -0.15) is 0 Å². The first-order chi connectivity index (χ1) is 7.59. The van der Waals surface area contributed by atoms with Gasteiger partial charge in [0.05, 0.1) is 6.33 Å². The van der Waals surface area contributed by atoms with Gasteiger partial charge in [0.2, 0.25) is 0 Å². The van der Waals surface area contributed by atoms with E-state index in [1.807, 2.05) is 30.5 Å². The number of aryl methyl sites for hydroxylation is 1. The molecule has 2 heterocycles. The third-order valence-corrected chi connectivity index (χ3v) is 2.40. The number of likely N-dealkylation sites (N-methyl/N-ethyl adjacent to an activating group) is 1. The first-order valence-corrected chi connectivity index (χ1v) is 5.18. The molecule has 6 heteroatoms. The Bertz CT molecular complexity index is 489. The summed E-state index contributed by atoms with van der Waals surface area (Å²) in [6.07, 6.45) is 3.29. The summed E-state index contributed by atoms with van der Waals surface area (Å²) in [5.74, 6) is 0.822. The maximum absolute atomic E-state index is 5.77. The van der Waals surface area contributed by atoms with Gasteiger partial charge in [0.15, 0.2) is 17.0 Å². The third kappa shape index (κ3) is 1.83. The number of nitrogens with zero attached hydrogens (tertiary/aromatic N) is 5. The highest BCUT2D eigenvalue weighted by atomic mass is 15.2. The fraction of sp³-hybridized carbons (Fsp3) is 0.500. The van der Waals surface area contributed by atoms with E-state index in [4.69, 9.17) is 5.73 Å². The quantitative estimate of drug-likeness (QED) is 0.797. The Kier molecular flexibility index (Phi) is 2.74. The molecule has 0 aliphatic carbocycles. The minimum absolute atomic E-state index is 0.0960. The number of imidazole rings is 1. The monoisotopic (exact) mass is 220 g/mol. The van der Waals surface area contributed by atoms with Crippen molar-refractivity contribution in [2.75, 3.05) is 18.5 Å². The highest BCUT2D eigenvalue weighted by Gasteiger charge is 2.12. The van der Waals surface area contributed by atoms with Gasteiger partial charge < -0.3 is 15.2 Å². The van der Waals surface area contributed by atoms with E-state index in [-0.39, 0.29) is 6.04 Å². The molecule has 0 bridgehead atoms. The van der Waals surface area contributed by atoms with Crippen LogP contribution in [0.1, 0.15) is 6.92 Å². The molecular weight excluding hydrogens is 204 g/mol. The van der Waals surface area contributed by atoms with Gasteiger partial charge in [0.25, 0.3) is 0 Å².